The third-order valence-corrected chi connectivity index (χ3v) is 4.62. The molecule has 1 aromatic heterocycles. The van der Waals surface area contributed by atoms with Crippen molar-refractivity contribution in [1.82, 2.24) is 0 Å². The van der Waals surface area contributed by atoms with E-state index in [1.807, 2.05) is 30.3 Å². The summed E-state index contributed by atoms with van der Waals surface area (Å²) in [5.41, 5.74) is 0.909. The van der Waals surface area contributed by atoms with Gasteiger partial charge in [0.05, 0.1) is 23.5 Å². The fraction of sp³-hybridized carbons (Fsp3) is 0.200. The first-order valence-electron chi connectivity index (χ1n) is 8.24. The molecule has 1 aliphatic rings. The summed E-state index contributed by atoms with van der Waals surface area (Å²) in [5.74, 6) is -0.803. The van der Waals surface area contributed by atoms with Gasteiger partial charge in [-0.2, -0.15) is 0 Å². The molecule has 0 spiro atoms. The molecule has 4 rings (SSSR count). The van der Waals surface area contributed by atoms with Crippen molar-refractivity contribution in [2.75, 3.05) is 6.61 Å². The number of esters is 1. The van der Waals surface area contributed by atoms with Crippen LogP contribution in [0.2, 0.25) is 5.02 Å². The maximum absolute atomic E-state index is 12.7. The van der Waals surface area contributed by atoms with E-state index in [0.717, 1.165) is 5.56 Å². The minimum atomic E-state index is -0.958. The number of hydrogen-bond acceptors (Lipinski definition) is 5. The summed E-state index contributed by atoms with van der Waals surface area (Å²) in [6, 6.07) is 14.1. The molecular weight excluding hydrogens is 356 g/mol. The number of carbonyl (C=O) groups excluding carboxylic acids is 1. The summed E-state index contributed by atoms with van der Waals surface area (Å²) in [4.78, 5) is 25.2. The van der Waals surface area contributed by atoms with Crippen molar-refractivity contribution in [2.24, 2.45) is 0 Å². The van der Waals surface area contributed by atoms with E-state index in [1.165, 1.54) is 0 Å². The lowest BCUT2D eigenvalue weighted by Gasteiger charge is -2.17. The Balaban J connectivity index is 1.97. The zero-order valence-corrected chi connectivity index (χ0v) is 14.7. The van der Waals surface area contributed by atoms with Crippen LogP contribution >= 0.6 is 11.6 Å². The molecule has 2 atom stereocenters. The molecule has 0 aliphatic carbocycles. The molecule has 6 heteroatoms. The fourth-order valence-electron chi connectivity index (χ4n) is 3.31. The van der Waals surface area contributed by atoms with Gasteiger partial charge in [0.25, 0.3) is 0 Å². The van der Waals surface area contributed by atoms with Crippen LogP contribution in [0, 0.1) is 0 Å². The highest BCUT2D eigenvalue weighted by atomic mass is 35.5. The molecule has 5 nitrogen and oxygen atoms in total. The molecule has 0 radical (unpaired) electrons. The lowest BCUT2D eigenvalue weighted by Crippen LogP contribution is -2.32. The zero-order chi connectivity index (χ0) is 18.3. The highest BCUT2D eigenvalue weighted by Crippen LogP contribution is 2.44. The molecule has 132 valence electrons. The van der Waals surface area contributed by atoms with Crippen molar-refractivity contribution in [2.45, 2.75) is 18.9 Å². The van der Waals surface area contributed by atoms with Crippen LogP contribution in [0.1, 0.15) is 24.0 Å². The van der Waals surface area contributed by atoms with E-state index in [1.54, 1.807) is 25.1 Å². The van der Waals surface area contributed by atoms with E-state index in [9.17, 15) is 9.59 Å². The third-order valence-electron chi connectivity index (χ3n) is 4.39. The van der Waals surface area contributed by atoms with Crippen LogP contribution in [0.15, 0.2) is 57.7 Å². The van der Waals surface area contributed by atoms with Crippen molar-refractivity contribution < 1.29 is 18.7 Å². The highest BCUT2D eigenvalue weighted by molar-refractivity contribution is 6.31. The van der Waals surface area contributed by atoms with Gasteiger partial charge in [-0.25, -0.2) is 9.59 Å². The minimum Gasteiger partial charge on any atom is -0.476 e. The van der Waals surface area contributed by atoms with E-state index in [0.29, 0.717) is 27.3 Å². The predicted octanol–water partition coefficient (Wildman–Crippen LogP) is 3.90. The van der Waals surface area contributed by atoms with Gasteiger partial charge in [-0.15, -0.1) is 0 Å². The number of fused-ring (bicyclic) bond motifs is 3. The van der Waals surface area contributed by atoms with Gasteiger partial charge in [-0.3, -0.25) is 0 Å². The van der Waals surface area contributed by atoms with Crippen molar-refractivity contribution in [1.29, 1.82) is 0 Å². The second-order valence-corrected chi connectivity index (χ2v) is 6.39. The predicted molar refractivity (Wildman–Crippen MR) is 96.8 cm³/mol. The highest BCUT2D eigenvalue weighted by Gasteiger charge is 2.45. The van der Waals surface area contributed by atoms with Gasteiger partial charge in [0.15, 0.2) is 0 Å². The molecule has 0 amide bonds. The molecular formula is C20H15ClO5. The van der Waals surface area contributed by atoms with E-state index >= 15 is 0 Å². The maximum Gasteiger partial charge on any atom is 0.348 e. The lowest BCUT2D eigenvalue weighted by molar-refractivity contribution is -0.151. The maximum atomic E-state index is 12.7. The Morgan fingerprint density at radius 2 is 1.96 bits per heavy atom. The number of hydrogen-bond donors (Lipinski definition) is 0. The van der Waals surface area contributed by atoms with Crippen LogP contribution in [0.4, 0.5) is 0 Å². The number of carbonyl (C=O) groups is 1. The van der Waals surface area contributed by atoms with Crippen molar-refractivity contribution in [3.63, 3.8) is 0 Å². The van der Waals surface area contributed by atoms with Crippen LogP contribution < -0.4 is 10.4 Å². The van der Waals surface area contributed by atoms with Crippen molar-refractivity contribution in [3.05, 3.63) is 75.1 Å². The summed E-state index contributed by atoms with van der Waals surface area (Å²) >= 11 is 6.10. The van der Waals surface area contributed by atoms with Crippen LogP contribution in [0.5, 0.6) is 5.75 Å². The monoisotopic (exact) mass is 370 g/mol. The van der Waals surface area contributed by atoms with Crippen molar-refractivity contribution in [3.8, 4) is 5.75 Å². The molecule has 1 aliphatic heterocycles. The summed E-state index contributed by atoms with van der Waals surface area (Å²) in [5, 5.41) is 1.04. The van der Waals surface area contributed by atoms with Gasteiger partial charge >= 0.3 is 11.6 Å². The molecule has 2 heterocycles. The Kier molecular flexibility index (Phi) is 4.17. The summed E-state index contributed by atoms with van der Waals surface area (Å²) < 4.78 is 16.6. The number of rotatable bonds is 3. The quantitative estimate of drug-likeness (QED) is 0.516. The molecule has 26 heavy (non-hydrogen) atoms. The Hall–Kier alpha value is -2.79. The first kappa shape index (κ1) is 16.7. The van der Waals surface area contributed by atoms with Gasteiger partial charge in [-0.05, 0) is 30.7 Å². The SMILES string of the molecule is CCOC(=O)[C@@H]1Oc2c(c(=O)oc3ccc(Cl)cc23)[C@H]1c1ccccc1. The standard InChI is InChI=1S/C20H15ClO5/c1-2-24-20(23)18-15(11-6-4-3-5-7-11)16-17(26-18)13-10-12(21)8-9-14(13)25-19(16)22/h3-10,15,18H,2H2,1H3/t15-,18-/m1/s1. The fourth-order valence-corrected chi connectivity index (χ4v) is 3.49. The average Bonchev–Trinajstić information content (AvgIpc) is 3.05. The largest absolute Gasteiger partial charge is 0.476 e. The zero-order valence-electron chi connectivity index (χ0n) is 13.9. The second-order valence-electron chi connectivity index (χ2n) is 5.95. The second kappa shape index (κ2) is 6.50. The smallest absolute Gasteiger partial charge is 0.348 e. The molecule has 0 saturated heterocycles. The Morgan fingerprint density at radius 1 is 1.19 bits per heavy atom. The van der Waals surface area contributed by atoms with E-state index in [-0.39, 0.29) is 6.61 Å². The van der Waals surface area contributed by atoms with E-state index < -0.39 is 23.6 Å². The van der Waals surface area contributed by atoms with Gasteiger partial charge < -0.3 is 13.9 Å². The van der Waals surface area contributed by atoms with Gasteiger partial charge in [-0.1, -0.05) is 41.9 Å². The Morgan fingerprint density at radius 3 is 2.69 bits per heavy atom. The number of benzene rings is 2. The van der Waals surface area contributed by atoms with Crippen molar-refractivity contribution >= 4 is 28.5 Å². The molecule has 0 unspecified atom stereocenters. The summed E-state index contributed by atoms with van der Waals surface area (Å²) in [7, 11) is 0. The topological polar surface area (TPSA) is 65.7 Å². The molecule has 0 N–H and O–H groups in total. The summed E-state index contributed by atoms with van der Waals surface area (Å²) in [6.45, 7) is 1.94. The average molecular weight is 371 g/mol. The molecule has 0 fully saturated rings. The molecule has 0 saturated carbocycles. The first-order chi connectivity index (χ1) is 12.6. The van der Waals surface area contributed by atoms with Gasteiger partial charge in [0, 0.05) is 5.02 Å². The molecule has 0 bridgehead atoms. The third kappa shape index (κ3) is 2.65. The Bertz CT molecular complexity index is 1040. The van der Waals surface area contributed by atoms with E-state index in [4.69, 9.17) is 25.5 Å². The number of halogens is 1. The number of ether oxygens (including phenoxy) is 2. The Labute approximate surface area is 154 Å². The van der Waals surface area contributed by atoms with E-state index in [2.05, 4.69) is 0 Å². The summed E-state index contributed by atoms with van der Waals surface area (Å²) in [6.07, 6.45) is -0.958. The minimum absolute atomic E-state index is 0.220. The normalized spacial score (nSPS) is 18.4. The molecule has 2 aromatic carbocycles. The van der Waals surface area contributed by atoms with Crippen LogP contribution in [0.3, 0.4) is 0 Å². The lowest BCUT2D eigenvalue weighted by atomic mass is 9.88. The van der Waals surface area contributed by atoms with Crippen LogP contribution in [-0.2, 0) is 9.53 Å². The van der Waals surface area contributed by atoms with Crippen LogP contribution in [-0.4, -0.2) is 18.7 Å². The van der Waals surface area contributed by atoms with Crippen LogP contribution in [0.25, 0.3) is 11.0 Å². The van der Waals surface area contributed by atoms with Gasteiger partial charge in [0.1, 0.15) is 11.3 Å². The first-order valence-corrected chi connectivity index (χ1v) is 8.62. The molecule has 3 aromatic rings. The van der Waals surface area contributed by atoms with Gasteiger partial charge in [0.2, 0.25) is 6.10 Å².